The standard InChI is InChI=1S/C13H13NO3S/c14-12-8-10(9-18(15)16)6-7-13(12)17-11-4-2-1-3-5-11/h1-8H,9,14H2,(H,15,16)/p-1. The lowest BCUT2D eigenvalue weighted by atomic mass is 10.2. The summed E-state index contributed by atoms with van der Waals surface area (Å²) in [7, 11) is 0. The van der Waals surface area contributed by atoms with Gasteiger partial charge in [-0.1, -0.05) is 35.3 Å². The lowest BCUT2D eigenvalue weighted by molar-refractivity contribution is 0.485. The summed E-state index contributed by atoms with van der Waals surface area (Å²) in [6.45, 7) is 0. The second-order valence-corrected chi connectivity index (χ2v) is 4.63. The summed E-state index contributed by atoms with van der Waals surface area (Å²) in [6, 6.07) is 14.2. The van der Waals surface area contributed by atoms with Gasteiger partial charge in [0.25, 0.3) is 0 Å². The molecule has 18 heavy (non-hydrogen) atoms. The first-order valence-corrected chi connectivity index (χ1v) is 6.57. The fourth-order valence-electron chi connectivity index (χ4n) is 1.53. The largest absolute Gasteiger partial charge is 0.772 e. The summed E-state index contributed by atoms with van der Waals surface area (Å²) in [6.07, 6.45) is 0. The van der Waals surface area contributed by atoms with Gasteiger partial charge in [-0.25, -0.2) is 0 Å². The molecule has 0 aliphatic heterocycles. The molecule has 0 aromatic heterocycles. The van der Waals surface area contributed by atoms with E-state index in [2.05, 4.69) is 0 Å². The molecule has 0 bridgehead atoms. The second kappa shape index (κ2) is 5.66. The van der Waals surface area contributed by atoms with Crippen LogP contribution in [0.2, 0.25) is 0 Å². The minimum absolute atomic E-state index is 0.0458. The highest BCUT2D eigenvalue weighted by Crippen LogP contribution is 2.28. The van der Waals surface area contributed by atoms with E-state index in [0.717, 1.165) is 0 Å². The van der Waals surface area contributed by atoms with Crippen LogP contribution in [0.4, 0.5) is 5.69 Å². The third kappa shape index (κ3) is 3.32. The minimum Gasteiger partial charge on any atom is -0.772 e. The van der Waals surface area contributed by atoms with Crippen LogP contribution in [-0.2, 0) is 16.8 Å². The summed E-state index contributed by atoms with van der Waals surface area (Å²) >= 11 is -2.12. The molecule has 5 heteroatoms. The molecule has 1 unspecified atom stereocenters. The van der Waals surface area contributed by atoms with Crippen LogP contribution in [0, 0.1) is 0 Å². The number of ether oxygens (including phenoxy) is 1. The maximum absolute atomic E-state index is 10.6. The van der Waals surface area contributed by atoms with E-state index in [1.807, 2.05) is 30.3 Å². The normalized spacial score (nSPS) is 12.1. The first kappa shape index (κ1) is 12.6. The van der Waals surface area contributed by atoms with Crippen molar-refractivity contribution < 1.29 is 13.5 Å². The predicted molar refractivity (Wildman–Crippen MR) is 70.0 cm³/mol. The van der Waals surface area contributed by atoms with Gasteiger partial charge in [0.15, 0.2) is 0 Å². The van der Waals surface area contributed by atoms with E-state index in [1.165, 1.54) is 0 Å². The Balaban J connectivity index is 2.17. The van der Waals surface area contributed by atoms with Gasteiger partial charge in [0, 0.05) is 5.75 Å². The molecule has 4 nitrogen and oxygen atoms in total. The molecule has 1 atom stereocenters. The van der Waals surface area contributed by atoms with Crippen LogP contribution in [0.5, 0.6) is 11.5 Å². The fraction of sp³-hybridized carbons (Fsp3) is 0.0769. The Hall–Kier alpha value is -1.85. The van der Waals surface area contributed by atoms with Gasteiger partial charge in [-0.15, -0.1) is 0 Å². The van der Waals surface area contributed by atoms with Crippen LogP contribution < -0.4 is 10.5 Å². The van der Waals surface area contributed by atoms with Crippen molar-refractivity contribution >= 4 is 16.8 Å². The number of hydrogen-bond acceptors (Lipinski definition) is 4. The SMILES string of the molecule is Nc1cc(CS(=O)[O-])ccc1Oc1ccccc1. The Morgan fingerprint density at radius 3 is 2.50 bits per heavy atom. The molecule has 0 saturated carbocycles. The maximum atomic E-state index is 10.6. The summed E-state index contributed by atoms with van der Waals surface area (Å²) in [4.78, 5) is 0. The molecule has 2 rings (SSSR count). The van der Waals surface area contributed by atoms with E-state index >= 15 is 0 Å². The number of nitrogens with two attached hydrogens (primary N) is 1. The monoisotopic (exact) mass is 262 g/mol. The van der Waals surface area contributed by atoms with Crippen LogP contribution in [0.25, 0.3) is 0 Å². The Bertz CT molecular complexity index is 557. The van der Waals surface area contributed by atoms with Crippen LogP contribution in [0.1, 0.15) is 5.56 Å². The van der Waals surface area contributed by atoms with Crippen molar-refractivity contribution in [3.63, 3.8) is 0 Å². The van der Waals surface area contributed by atoms with E-state index in [9.17, 15) is 8.76 Å². The second-order valence-electron chi connectivity index (χ2n) is 3.74. The van der Waals surface area contributed by atoms with Crippen molar-refractivity contribution in [3.8, 4) is 11.5 Å². The zero-order chi connectivity index (χ0) is 13.0. The molecule has 0 amide bonds. The van der Waals surface area contributed by atoms with Crippen molar-refractivity contribution in [1.29, 1.82) is 0 Å². The summed E-state index contributed by atoms with van der Waals surface area (Å²) in [5.74, 6) is 1.15. The van der Waals surface area contributed by atoms with Gasteiger partial charge >= 0.3 is 0 Å². The zero-order valence-corrected chi connectivity index (χ0v) is 10.4. The molecule has 0 saturated heterocycles. The quantitative estimate of drug-likeness (QED) is 0.678. The molecule has 0 aliphatic rings. The van der Waals surface area contributed by atoms with Gasteiger partial charge in [-0.05, 0) is 29.8 Å². The Kier molecular flexibility index (Phi) is 3.96. The van der Waals surface area contributed by atoms with Crippen molar-refractivity contribution in [3.05, 3.63) is 54.1 Å². The molecular formula is C13H12NO3S-. The van der Waals surface area contributed by atoms with Gasteiger partial charge in [0.1, 0.15) is 11.5 Å². The van der Waals surface area contributed by atoms with E-state index in [-0.39, 0.29) is 5.75 Å². The van der Waals surface area contributed by atoms with Gasteiger partial charge in [-0.2, -0.15) is 0 Å². The first-order valence-electron chi connectivity index (χ1n) is 5.32. The van der Waals surface area contributed by atoms with Gasteiger partial charge < -0.3 is 15.0 Å². The third-order valence-corrected chi connectivity index (χ3v) is 2.90. The Morgan fingerprint density at radius 1 is 1.17 bits per heavy atom. The van der Waals surface area contributed by atoms with E-state index in [4.69, 9.17) is 10.5 Å². The van der Waals surface area contributed by atoms with Crippen molar-refractivity contribution in [2.45, 2.75) is 5.75 Å². The zero-order valence-electron chi connectivity index (χ0n) is 9.54. The highest BCUT2D eigenvalue weighted by molar-refractivity contribution is 7.78. The lowest BCUT2D eigenvalue weighted by Gasteiger charge is -2.11. The van der Waals surface area contributed by atoms with Crippen LogP contribution in [0.3, 0.4) is 0 Å². The van der Waals surface area contributed by atoms with Gasteiger partial charge in [-0.3, -0.25) is 4.21 Å². The van der Waals surface area contributed by atoms with Crippen molar-refractivity contribution in [2.24, 2.45) is 0 Å². The van der Waals surface area contributed by atoms with Crippen molar-refractivity contribution in [2.75, 3.05) is 5.73 Å². The molecule has 0 radical (unpaired) electrons. The molecule has 2 N–H and O–H groups in total. The maximum Gasteiger partial charge on any atom is 0.150 e. The molecule has 0 fully saturated rings. The molecule has 0 spiro atoms. The van der Waals surface area contributed by atoms with Gasteiger partial charge in [0.2, 0.25) is 0 Å². The van der Waals surface area contributed by atoms with Crippen LogP contribution >= 0.6 is 0 Å². The Morgan fingerprint density at radius 2 is 1.89 bits per heavy atom. The molecule has 94 valence electrons. The number of anilines is 1. The molecule has 2 aromatic carbocycles. The average molecular weight is 262 g/mol. The lowest BCUT2D eigenvalue weighted by Crippen LogP contribution is -1.97. The highest BCUT2D eigenvalue weighted by Gasteiger charge is 2.03. The van der Waals surface area contributed by atoms with E-state index in [0.29, 0.717) is 22.7 Å². The van der Waals surface area contributed by atoms with Crippen LogP contribution in [0.15, 0.2) is 48.5 Å². The van der Waals surface area contributed by atoms with E-state index < -0.39 is 11.1 Å². The van der Waals surface area contributed by atoms with Crippen molar-refractivity contribution in [1.82, 2.24) is 0 Å². The summed E-state index contributed by atoms with van der Waals surface area (Å²) in [5.41, 5.74) is 6.88. The third-order valence-electron chi connectivity index (χ3n) is 2.33. The fourth-order valence-corrected chi connectivity index (χ4v) is 1.98. The number of nitrogen functional groups attached to an aromatic ring is 1. The number of benzene rings is 2. The van der Waals surface area contributed by atoms with Gasteiger partial charge in [0.05, 0.1) is 5.69 Å². The summed E-state index contributed by atoms with van der Waals surface area (Å²) in [5, 5.41) is 0. The van der Waals surface area contributed by atoms with E-state index in [1.54, 1.807) is 18.2 Å². The highest BCUT2D eigenvalue weighted by atomic mass is 32.2. The molecule has 0 heterocycles. The molecule has 0 aliphatic carbocycles. The van der Waals surface area contributed by atoms with Crippen LogP contribution in [-0.4, -0.2) is 8.76 Å². The smallest absolute Gasteiger partial charge is 0.150 e. The first-order chi connectivity index (χ1) is 8.65. The topological polar surface area (TPSA) is 75.4 Å². The average Bonchev–Trinajstić information content (AvgIpc) is 2.33. The number of rotatable bonds is 4. The Labute approximate surface area is 108 Å². The molecule has 2 aromatic rings. The predicted octanol–water partition coefficient (Wildman–Crippen LogP) is 2.44. The number of para-hydroxylation sites is 1. The minimum atomic E-state index is -2.12. The number of hydrogen-bond donors (Lipinski definition) is 1. The summed E-state index contributed by atoms with van der Waals surface area (Å²) < 4.78 is 26.8. The molecular weight excluding hydrogens is 250 g/mol.